The maximum atomic E-state index is 10.4. The molecule has 0 amide bonds. The van der Waals surface area contributed by atoms with Gasteiger partial charge in [-0.1, -0.05) is 51.2 Å². The SMILES string of the molecule is CC=CC(=CC=O)CCCCCCCC. The van der Waals surface area contributed by atoms with Crippen LogP contribution in [0.2, 0.25) is 0 Å². The first kappa shape index (κ1) is 14.2. The highest BCUT2D eigenvalue weighted by molar-refractivity contribution is 5.67. The molecule has 86 valence electrons. The van der Waals surface area contributed by atoms with Gasteiger partial charge in [0.2, 0.25) is 0 Å². The predicted octanol–water partition coefficient (Wildman–Crippen LogP) is 4.44. The van der Waals surface area contributed by atoms with E-state index in [1.165, 1.54) is 38.5 Å². The zero-order chi connectivity index (χ0) is 11.4. The maximum absolute atomic E-state index is 10.4. The van der Waals surface area contributed by atoms with Crippen molar-refractivity contribution in [3.05, 3.63) is 23.8 Å². The molecule has 0 saturated heterocycles. The average Bonchev–Trinajstić information content (AvgIpc) is 2.24. The smallest absolute Gasteiger partial charge is 0.143 e. The molecule has 15 heavy (non-hydrogen) atoms. The Kier molecular flexibility index (Phi) is 10.6. The molecule has 1 nitrogen and oxygen atoms in total. The molecule has 0 unspecified atom stereocenters. The largest absolute Gasteiger partial charge is 0.299 e. The lowest BCUT2D eigenvalue weighted by Crippen LogP contribution is -1.83. The van der Waals surface area contributed by atoms with Crippen molar-refractivity contribution in [2.45, 2.75) is 58.8 Å². The topological polar surface area (TPSA) is 17.1 Å². The lowest BCUT2D eigenvalue weighted by molar-refractivity contribution is -0.104. The van der Waals surface area contributed by atoms with Crippen molar-refractivity contribution in [2.75, 3.05) is 0 Å². The van der Waals surface area contributed by atoms with Crippen LogP contribution in [-0.4, -0.2) is 6.29 Å². The van der Waals surface area contributed by atoms with Gasteiger partial charge in [0.1, 0.15) is 6.29 Å². The van der Waals surface area contributed by atoms with Gasteiger partial charge in [0.05, 0.1) is 0 Å². The van der Waals surface area contributed by atoms with Crippen LogP contribution >= 0.6 is 0 Å². The fourth-order valence-corrected chi connectivity index (χ4v) is 1.63. The molecule has 0 heterocycles. The van der Waals surface area contributed by atoms with Crippen LogP contribution in [0.25, 0.3) is 0 Å². The Morgan fingerprint density at radius 1 is 1.07 bits per heavy atom. The monoisotopic (exact) mass is 208 g/mol. The standard InChI is InChI=1S/C14H24O/c1-3-5-6-7-8-9-11-14(10-4-2)12-13-15/h4,10,12-13H,3,5-9,11H2,1-2H3. The molecule has 0 atom stereocenters. The molecule has 0 radical (unpaired) electrons. The number of carbonyl (C=O) groups is 1. The molecule has 0 aliphatic rings. The first-order chi connectivity index (χ1) is 7.35. The molecule has 0 N–H and O–H groups in total. The molecular weight excluding hydrogens is 184 g/mol. The Labute approximate surface area is 94.3 Å². The lowest BCUT2D eigenvalue weighted by Gasteiger charge is -2.01. The van der Waals surface area contributed by atoms with Crippen LogP contribution in [0.15, 0.2) is 23.8 Å². The van der Waals surface area contributed by atoms with Gasteiger partial charge in [-0.25, -0.2) is 0 Å². The highest BCUT2D eigenvalue weighted by atomic mass is 16.1. The molecule has 0 saturated carbocycles. The highest BCUT2D eigenvalue weighted by Crippen LogP contribution is 2.12. The van der Waals surface area contributed by atoms with Crippen molar-refractivity contribution >= 4 is 6.29 Å². The molecule has 1 heteroatoms. The summed E-state index contributed by atoms with van der Waals surface area (Å²) in [6, 6.07) is 0. The Hall–Kier alpha value is -0.850. The van der Waals surface area contributed by atoms with Gasteiger partial charge in [-0.3, -0.25) is 4.79 Å². The maximum Gasteiger partial charge on any atom is 0.143 e. The first-order valence-corrected chi connectivity index (χ1v) is 6.12. The van der Waals surface area contributed by atoms with E-state index >= 15 is 0 Å². The van der Waals surface area contributed by atoms with Crippen LogP contribution in [0.1, 0.15) is 58.8 Å². The Balaban J connectivity index is 3.54. The van der Waals surface area contributed by atoms with E-state index < -0.39 is 0 Å². The van der Waals surface area contributed by atoms with Crippen LogP contribution in [0.4, 0.5) is 0 Å². The number of rotatable bonds is 9. The second kappa shape index (κ2) is 11.2. The van der Waals surface area contributed by atoms with Crippen molar-refractivity contribution in [1.82, 2.24) is 0 Å². The molecular formula is C14H24O. The molecule has 0 aliphatic carbocycles. The van der Waals surface area contributed by atoms with E-state index in [0.29, 0.717) is 0 Å². The van der Waals surface area contributed by atoms with Crippen LogP contribution in [-0.2, 0) is 4.79 Å². The third-order valence-corrected chi connectivity index (χ3v) is 2.48. The fraction of sp³-hybridized carbons (Fsp3) is 0.643. The Bertz CT molecular complexity index is 201. The van der Waals surface area contributed by atoms with Crippen molar-refractivity contribution < 1.29 is 4.79 Å². The molecule has 0 aromatic heterocycles. The van der Waals surface area contributed by atoms with Gasteiger partial charge in [-0.15, -0.1) is 0 Å². The second-order valence-electron chi connectivity index (χ2n) is 3.90. The van der Waals surface area contributed by atoms with E-state index in [4.69, 9.17) is 0 Å². The van der Waals surface area contributed by atoms with Gasteiger partial charge in [0, 0.05) is 0 Å². The number of hydrogen-bond acceptors (Lipinski definition) is 1. The summed E-state index contributed by atoms with van der Waals surface area (Å²) >= 11 is 0. The van der Waals surface area contributed by atoms with Crippen molar-refractivity contribution in [3.8, 4) is 0 Å². The molecule has 0 aliphatic heterocycles. The van der Waals surface area contributed by atoms with E-state index in [-0.39, 0.29) is 0 Å². The van der Waals surface area contributed by atoms with Crippen molar-refractivity contribution in [2.24, 2.45) is 0 Å². The molecule has 0 aromatic rings. The van der Waals surface area contributed by atoms with Crippen molar-refractivity contribution in [1.29, 1.82) is 0 Å². The van der Waals surface area contributed by atoms with Gasteiger partial charge in [0.25, 0.3) is 0 Å². The summed E-state index contributed by atoms with van der Waals surface area (Å²) in [6.07, 6.45) is 15.4. The average molecular weight is 208 g/mol. The minimum absolute atomic E-state index is 0.881. The van der Waals surface area contributed by atoms with Crippen LogP contribution < -0.4 is 0 Å². The zero-order valence-corrected chi connectivity index (χ0v) is 10.2. The number of allylic oxidation sites excluding steroid dienone is 4. The molecule has 0 bridgehead atoms. The first-order valence-electron chi connectivity index (χ1n) is 6.12. The Morgan fingerprint density at radius 2 is 1.73 bits per heavy atom. The molecule has 0 fully saturated rings. The molecule has 0 rings (SSSR count). The minimum Gasteiger partial charge on any atom is -0.299 e. The van der Waals surface area contributed by atoms with E-state index in [1.807, 2.05) is 19.1 Å². The normalized spacial score (nSPS) is 12.3. The zero-order valence-electron chi connectivity index (χ0n) is 10.2. The fourth-order valence-electron chi connectivity index (χ4n) is 1.63. The van der Waals surface area contributed by atoms with Gasteiger partial charge in [0.15, 0.2) is 0 Å². The van der Waals surface area contributed by atoms with E-state index in [2.05, 4.69) is 6.92 Å². The second-order valence-corrected chi connectivity index (χ2v) is 3.90. The van der Waals surface area contributed by atoms with Gasteiger partial charge in [-0.2, -0.15) is 0 Å². The quantitative estimate of drug-likeness (QED) is 0.237. The van der Waals surface area contributed by atoms with Crippen LogP contribution in [0, 0.1) is 0 Å². The number of unbranched alkanes of at least 4 members (excludes halogenated alkanes) is 5. The van der Waals surface area contributed by atoms with Gasteiger partial charge < -0.3 is 0 Å². The number of aldehydes is 1. The molecule has 0 aromatic carbocycles. The minimum atomic E-state index is 0.881. The summed E-state index contributed by atoms with van der Waals surface area (Å²) in [5.41, 5.74) is 1.16. The van der Waals surface area contributed by atoms with E-state index in [0.717, 1.165) is 18.3 Å². The third-order valence-electron chi connectivity index (χ3n) is 2.48. The summed E-state index contributed by atoms with van der Waals surface area (Å²) in [4.78, 5) is 10.4. The van der Waals surface area contributed by atoms with Gasteiger partial charge in [-0.05, 0) is 31.4 Å². The van der Waals surface area contributed by atoms with Crippen molar-refractivity contribution in [3.63, 3.8) is 0 Å². The van der Waals surface area contributed by atoms with E-state index in [1.54, 1.807) is 6.08 Å². The highest BCUT2D eigenvalue weighted by Gasteiger charge is 1.93. The third kappa shape index (κ3) is 9.45. The summed E-state index contributed by atoms with van der Waals surface area (Å²) in [6.45, 7) is 4.22. The predicted molar refractivity (Wildman–Crippen MR) is 67.0 cm³/mol. The molecule has 0 spiro atoms. The summed E-state index contributed by atoms with van der Waals surface area (Å²) in [7, 11) is 0. The van der Waals surface area contributed by atoms with Gasteiger partial charge >= 0.3 is 0 Å². The lowest BCUT2D eigenvalue weighted by atomic mass is 10.0. The summed E-state index contributed by atoms with van der Waals surface area (Å²) in [5.74, 6) is 0. The van der Waals surface area contributed by atoms with E-state index in [9.17, 15) is 4.79 Å². The summed E-state index contributed by atoms with van der Waals surface area (Å²) < 4.78 is 0. The number of carbonyl (C=O) groups excluding carboxylic acids is 1. The van der Waals surface area contributed by atoms with Crippen LogP contribution in [0.3, 0.4) is 0 Å². The Morgan fingerprint density at radius 3 is 2.33 bits per heavy atom. The number of hydrogen-bond donors (Lipinski definition) is 0. The summed E-state index contributed by atoms with van der Waals surface area (Å²) in [5, 5.41) is 0. The van der Waals surface area contributed by atoms with Crippen LogP contribution in [0.5, 0.6) is 0 Å².